The lowest BCUT2D eigenvalue weighted by molar-refractivity contribution is -0.152. The molecule has 6 nitrogen and oxygen atoms in total. The average molecular weight is 333 g/mol. The summed E-state index contributed by atoms with van der Waals surface area (Å²) >= 11 is 1.65. The Morgan fingerprint density at radius 3 is 2.96 bits per heavy atom. The summed E-state index contributed by atoms with van der Waals surface area (Å²) < 4.78 is 1.64. The van der Waals surface area contributed by atoms with Crippen LogP contribution in [-0.2, 0) is 23.1 Å². The fourth-order valence-electron chi connectivity index (χ4n) is 3.17. The first-order valence-electron chi connectivity index (χ1n) is 7.59. The number of aromatic nitrogens is 2. The molecule has 0 radical (unpaired) electrons. The lowest BCUT2D eigenvalue weighted by atomic mass is 9.85. The number of aliphatic carboxylic acids is 1. The molecule has 122 valence electrons. The first-order valence-corrected chi connectivity index (χ1v) is 8.47. The molecule has 1 saturated heterocycles. The summed E-state index contributed by atoms with van der Waals surface area (Å²) in [6.07, 6.45) is 4.88. The number of likely N-dealkylation sites (tertiary alicyclic amines) is 1. The fourth-order valence-corrected chi connectivity index (χ4v) is 3.86. The molecule has 23 heavy (non-hydrogen) atoms. The van der Waals surface area contributed by atoms with Gasteiger partial charge in [0.1, 0.15) is 0 Å². The molecule has 7 heteroatoms. The van der Waals surface area contributed by atoms with Gasteiger partial charge in [-0.15, -0.1) is 11.3 Å². The molecule has 1 N–H and O–H groups in total. The molecule has 2 aromatic heterocycles. The molecule has 1 fully saturated rings. The van der Waals surface area contributed by atoms with Crippen LogP contribution in [0.15, 0.2) is 29.9 Å². The van der Waals surface area contributed by atoms with E-state index in [-0.39, 0.29) is 12.3 Å². The number of carboxylic acids is 1. The van der Waals surface area contributed by atoms with Crippen LogP contribution in [0.25, 0.3) is 0 Å². The standard InChI is InChI=1S/C16H19N3O3S/c1-18-10-11(9-17-18)15-13(16(21)22)4-5-14(20)19(15)7-6-12-3-2-8-23-12/h2-3,8-10,13,15H,4-7H2,1H3,(H,21,22)/t13-,15-/m1/s1. The maximum atomic E-state index is 12.4. The highest BCUT2D eigenvalue weighted by molar-refractivity contribution is 7.09. The summed E-state index contributed by atoms with van der Waals surface area (Å²) in [7, 11) is 1.79. The van der Waals surface area contributed by atoms with E-state index in [0.29, 0.717) is 13.0 Å². The van der Waals surface area contributed by atoms with Crippen LogP contribution in [0, 0.1) is 5.92 Å². The number of nitrogens with zero attached hydrogens (tertiary/aromatic N) is 3. The van der Waals surface area contributed by atoms with Gasteiger partial charge in [0.05, 0.1) is 18.2 Å². The van der Waals surface area contributed by atoms with Crippen molar-refractivity contribution in [2.24, 2.45) is 13.0 Å². The number of piperidine rings is 1. The average Bonchev–Trinajstić information content (AvgIpc) is 3.16. The number of amides is 1. The van der Waals surface area contributed by atoms with Gasteiger partial charge < -0.3 is 10.0 Å². The van der Waals surface area contributed by atoms with Gasteiger partial charge in [-0.25, -0.2) is 0 Å². The van der Waals surface area contributed by atoms with E-state index < -0.39 is 17.9 Å². The molecule has 0 unspecified atom stereocenters. The Labute approximate surface area is 138 Å². The van der Waals surface area contributed by atoms with Crippen molar-refractivity contribution in [3.8, 4) is 0 Å². The second-order valence-electron chi connectivity index (χ2n) is 5.79. The van der Waals surface area contributed by atoms with E-state index in [1.807, 2.05) is 17.5 Å². The molecule has 1 amide bonds. The van der Waals surface area contributed by atoms with Crippen molar-refractivity contribution in [3.05, 3.63) is 40.3 Å². The van der Waals surface area contributed by atoms with Crippen LogP contribution in [0.1, 0.15) is 29.3 Å². The summed E-state index contributed by atoms with van der Waals surface area (Å²) in [5.74, 6) is -1.42. The Bertz CT molecular complexity index is 695. The van der Waals surface area contributed by atoms with Gasteiger partial charge in [-0.05, 0) is 24.3 Å². The van der Waals surface area contributed by atoms with E-state index in [1.54, 1.807) is 40.4 Å². The predicted octanol–water partition coefficient (Wildman–Crippen LogP) is 2.09. The van der Waals surface area contributed by atoms with Crippen molar-refractivity contribution in [1.82, 2.24) is 14.7 Å². The Balaban J connectivity index is 1.87. The number of carbonyl (C=O) groups excluding carboxylic acids is 1. The van der Waals surface area contributed by atoms with Crippen molar-refractivity contribution >= 4 is 23.2 Å². The minimum Gasteiger partial charge on any atom is -0.481 e. The van der Waals surface area contributed by atoms with Gasteiger partial charge in [0, 0.05) is 36.7 Å². The number of thiophene rings is 1. The second-order valence-corrected chi connectivity index (χ2v) is 6.82. The molecule has 0 aliphatic carbocycles. The zero-order valence-electron chi connectivity index (χ0n) is 12.9. The molecular weight excluding hydrogens is 314 g/mol. The predicted molar refractivity (Wildman–Crippen MR) is 86.0 cm³/mol. The Hall–Kier alpha value is -2.15. The van der Waals surface area contributed by atoms with Crippen LogP contribution in [-0.4, -0.2) is 38.2 Å². The quantitative estimate of drug-likeness (QED) is 0.909. The Kier molecular flexibility index (Phi) is 4.47. The van der Waals surface area contributed by atoms with Crippen LogP contribution < -0.4 is 0 Å². The van der Waals surface area contributed by atoms with Crippen LogP contribution in [0.3, 0.4) is 0 Å². The topological polar surface area (TPSA) is 75.4 Å². The number of hydrogen-bond donors (Lipinski definition) is 1. The number of aryl methyl sites for hydroxylation is 1. The van der Waals surface area contributed by atoms with Gasteiger partial charge in [-0.1, -0.05) is 6.07 Å². The van der Waals surface area contributed by atoms with E-state index in [0.717, 1.165) is 12.0 Å². The third kappa shape index (κ3) is 3.29. The van der Waals surface area contributed by atoms with E-state index >= 15 is 0 Å². The van der Waals surface area contributed by atoms with Crippen molar-refractivity contribution in [2.75, 3.05) is 6.54 Å². The van der Waals surface area contributed by atoms with Crippen LogP contribution in [0.4, 0.5) is 0 Å². The summed E-state index contributed by atoms with van der Waals surface area (Å²) in [6.45, 7) is 0.530. The number of carboxylic acid groups (broad SMARTS) is 1. The molecule has 0 bridgehead atoms. The van der Waals surface area contributed by atoms with Crippen molar-refractivity contribution < 1.29 is 14.7 Å². The summed E-state index contributed by atoms with van der Waals surface area (Å²) in [5.41, 5.74) is 0.791. The highest BCUT2D eigenvalue weighted by Crippen LogP contribution is 2.37. The van der Waals surface area contributed by atoms with Crippen LogP contribution in [0.5, 0.6) is 0 Å². The van der Waals surface area contributed by atoms with Crippen molar-refractivity contribution in [2.45, 2.75) is 25.3 Å². The van der Waals surface area contributed by atoms with Gasteiger partial charge >= 0.3 is 5.97 Å². The third-order valence-corrected chi connectivity index (χ3v) is 5.21. The lowest BCUT2D eigenvalue weighted by Gasteiger charge is -2.39. The number of rotatable bonds is 5. The first kappa shape index (κ1) is 15.7. The normalized spacial score (nSPS) is 21.6. The van der Waals surface area contributed by atoms with E-state index in [2.05, 4.69) is 5.10 Å². The molecule has 1 aliphatic heterocycles. The molecule has 0 spiro atoms. The summed E-state index contributed by atoms with van der Waals surface area (Å²) in [5, 5.41) is 15.7. The highest BCUT2D eigenvalue weighted by atomic mass is 32.1. The molecular formula is C16H19N3O3S. The Morgan fingerprint density at radius 2 is 2.35 bits per heavy atom. The van der Waals surface area contributed by atoms with Gasteiger partial charge in [0.2, 0.25) is 5.91 Å². The molecule has 3 heterocycles. The molecule has 0 saturated carbocycles. The lowest BCUT2D eigenvalue weighted by Crippen LogP contribution is -2.46. The first-order chi connectivity index (χ1) is 11.1. The smallest absolute Gasteiger partial charge is 0.308 e. The van der Waals surface area contributed by atoms with Crippen molar-refractivity contribution in [3.63, 3.8) is 0 Å². The van der Waals surface area contributed by atoms with E-state index in [1.165, 1.54) is 4.88 Å². The minimum absolute atomic E-state index is 0.0212. The van der Waals surface area contributed by atoms with Gasteiger partial charge in [-0.2, -0.15) is 5.10 Å². The number of hydrogen-bond acceptors (Lipinski definition) is 4. The summed E-state index contributed by atoms with van der Waals surface area (Å²) in [4.78, 5) is 27.0. The van der Waals surface area contributed by atoms with Gasteiger partial charge in [0.25, 0.3) is 0 Å². The summed E-state index contributed by atoms with van der Waals surface area (Å²) in [6, 6.07) is 3.58. The monoisotopic (exact) mass is 333 g/mol. The molecule has 2 aromatic rings. The van der Waals surface area contributed by atoms with E-state index in [4.69, 9.17) is 0 Å². The van der Waals surface area contributed by atoms with Gasteiger partial charge in [-0.3, -0.25) is 14.3 Å². The van der Waals surface area contributed by atoms with E-state index in [9.17, 15) is 14.7 Å². The highest BCUT2D eigenvalue weighted by Gasteiger charge is 2.41. The van der Waals surface area contributed by atoms with Crippen molar-refractivity contribution in [1.29, 1.82) is 0 Å². The van der Waals surface area contributed by atoms with Gasteiger partial charge in [0.15, 0.2) is 0 Å². The SMILES string of the molecule is Cn1cc([C@@H]2[C@H](C(=O)O)CCC(=O)N2CCc2cccs2)cn1. The molecule has 2 atom stereocenters. The fraction of sp³-hybridized carbons (Fsp3) is 0.438. The largest absolute Gasteiger partial charge is 0.481 e. The zero-order chi connectivity index (χ0) is 16.4. The number of carbonyl (C=O) groups is 2. The molecule has 0 aromatic carbocycles. The third-order valence-electron chi connectivity index (χ3n) is 4.27. The Morgan fingerprint density at radius 1 is 1.52 bits per heavy atom. The molecule has 1 aliphatic rings. The second kappa shape index (κ2) is 6.54. The van der Waals surface area contributed by atoms with Crippen LogP contribution >= 0.6 is 11.3 Å². The maximum Gasteiger partial charge on any atom is 0.308 e. The van der Waals surface area contributed by atoms with Crippen LogP contribution in [0.2, 0.25) is 0 Å². The molecule has 3 rings (SSSR count). The zero-order valence-corrected chi connectivity index (χ0v) is 13.7. The minimum atomic E-state index is -0.854. The maximum absolute atomic E-state index is 12.4.